The predicted molar refractivity (Wildman–Crippen MR) is 75.0 cm³/mol. The van der Waals surface area contributed by atoms with Crippen molar-refractivity contribution in [3.63, 3.8) is 0 Å². The van der Waals surface area contributed by atoms with Gasteiger partial charge in [-0.25, -0.2) is 0 Å². The van der Waals surface area contributed by atoms with E-state index in [1.165, 1.54) is 19.3 Å². The molecule has 1 saturated carbocycles. The number of halogens is 1. The highest BCUT2D eigenvalue weighted by Gasteiger charge is 2.33. The Morgan fingerprint density at radius 3 is 2.50 bits per heavy atom. The van der Waals surface area contributed by atoms with Gasteiger partial charge in [-0.15, -0.1) is 10.2 Å². The molecule has 1 aromatic heterocycles. The van der Waals surface area contributed by atoms with Crippen LogP contribution in [0.3, 0.4) is 0 Å². The van der Waals surface area contributed by atoms with Gasteiger partial charge in [-0.3, -0.25) is 4.57 Å². The summed E-state index contributed by atoms with van der Waals surface area (Å²) in [5, 5.41) is 8.92. The van der Waals surface area contributed by atoms with E-state index in [0.717, 1.165) is 12.2 Å². The molecule has 4 heteroatoms. The quantitative estimate of drug-likeness (QED) is 0.758. The lowest BCUT2D eigenvalue weighted by atomic mass is 9.75. The Hall–Kier alpha value is -0.570. The normalized spacial score (nSPS) is 24.2. The average Bonchev–Trinajstić information content (AvgIpc) is 2.58. The maximum Gasteiger partial charge on any atom is 0.225 e. The van der Waals surface area contributed by atoms with Crippen LogP contribution in [-0.4, -0.2) is 14.8 Å². The Kier molecular flexibility index (Phi) is 3.48. The molecule has 1 heterocycles. The van der Waals surface area contributed by atoms with Gasteiger partial charge in [0.2, 0.25) is 5.28 Å². The number of rotatable bonds is 1. The topological polar surface area (TPSA) is 30.7 Å². The van der Waals surface area contributed by atoms with Crippen LogP contribution in [0.4, 0.5) is 0 Å². The van der Waals surface area contributed by atoms with E-state index < -0.39 is 0 Å². The van der Waals surface area contributed by atoms with E-state index in [1.54, 1.807) is 0 Å². The summed E-state index contributed by atoms with van der Waals surface area (Å²) in [5.74, 6) is 1.01. The fourth-order valence-corrected chi connectivity index (χ4v) is 3.24. The Bertz CT molecular complexity index is 429. The molecule has 2 rings (SSSR count). The standard InChI is InChI=1S/C14H24ClN3/c1-13(2,3)11-16-17-12(15)18(11)10-7-6-8-14(4,5)9-10/h10H,6-9H2,1-5H3. The third kappa shape index (κ3) is 2.71. The highest BCUT2D eigenvalue weighted by molar-refractivity contribution is 6.28. The second kappa shape index (κ2) is 4.52. The lowest BCUT2D eigenvalue weighted by Crippen LogP contribution is -2.29. The first-order valence-corrected chi connectivity index (χ1v) is 7.19. The zero-order valence-corrected chi connectivity index (χ0v) is 12.9. The molecule has 1 atom stereocenters. The largest absolute Gasteiger partial charge is 0.298 e. The summed E-state index contributed by atoms with van der Waals surface area (Å²) < 4.78 is 2.17. The molecule has 1 fully saturated rings. The van der Waals surface area contributed by atoms with Crippen molar-refractivity contribution in [1.82, 2.24) is 14.8 Å². The molecule has 18 heavy (non-hydrogen) atoms. The van der Waals surface area contributed by atoms with E-state index in [9.17, 15) is 0 Å². The number of hydrogen-bond donors (Lipinski definition) is 0. The van der Waals surface area contributed by atoms with Crippen LogP contribution in [-0.2, 0) is 5.41 Å². The molecule has 102 valence electrons. The van der Waals surface area contributed by atoms with Crippen LogP contribution in [0.15, 0.2) is 0 Å². The Balaban J connectivity index is 2.36. The molecular formula is C14H24ClN3. The summed E-state index contributed by atoms with van der Waals surface area (Å²) in [7, 11) is 0. The molecule has 1 unspecified atom stereocenters. The molecule has 0 aliphatic heterocycles. The van der Waals surface area contributed by atoms with E-state index in [2.05, 4.69) is 49.4 Å². The van der Waals surface area contributed by atoms with Gasteiger partial charge < -0.3 is 0 Å². The summed E-state index contributed by atoms with van der Waals surface area (Å²) in [5.41, 5.74) is 0.382. The lowest BCUT2D eigenvalue weighted by Gasteiger charge is -2.37. The highest BCUT2D eigenvalue weighted by atomic mass is 35.5. The molecule has 0 spiro atoms. The first-order chi connectivity index (χ1) is 8.21. The van der Waals surface area contributed by atoms with Gasteiger partial charge in [0, 0.05) is 11.5 Å². The van der Waals surface area contributed by atoms with Gasteiger partial charge in [-0.05, 0) is 36.3 Å². The summed E-state index contributed by atoms with van der Waals surface area (Å²) in [6, 6.07) is 0.450. The van der Waals surface area contributed by atoms with Gasteiger partial charge in [0.05, 0.1) is 0 Å². The van der Waals surface area contributed by atoms with Crippen LogP contribution < -0.4 is 0 Å². The molecule has 0 amide bonds. The fourth-order valence-electron chi connectivity index (χ4n) is 2.99. The van der Waals surface area contributed by atoms with E-state index in [-0.39, 0.29) is 5.41 Å². The van der Waals surface area contributed by atoms with E-state index in [0.29, 0.717) is 16.7 Å². The van der Waals surface area contributed by atoms with Crippen molar-refractivity contribution >= 4 is 11.6 Å². The average molecular weight is 270 g/mol. The van der Waals surface area contributed by atoms with Crippen LogP contribution in [0.1, 0.15) is 72.2 Å². The minimum atomic E-state index is -0.0122. The van der Waals surface area contributed by atoms with Crippen molar-refractivity contribution in [3.8, 4) is 0 Å². The third-order valence-electron chi connectivity index (χ3n) is 3.87. The minimum absolute atomic E-state index is 0.0122. The molecule has 0 saturated heterocycles. The van der Waals surface area contributed by atoms with Crippen molar-refractivity contribution in [2.45, 2.75) is 71.8 Å². The van der Waals surface area contributed by atoms with E-state index in [4.69, 9.17) is 11.6 Å². The zero-order chi connectivity index (χ0) is 13.6. The van der Waals surface area contributed by atoms with Crippen LogP contribution in [0.25, 0.3) is 0 Å². The number of hydrogen-bond acceptors (Lipinski definition) is 2. The summed E-state index contributed by atoms with van der Waals surface area (Å²) in [6.45, 7) is 11.2. The van der Waals surface area contributed by atoms with Crippen LogP contribution in [0.5, 0.6) is 0 Å². The smallest absolute Gasteiger partial charge is 0.225 e. The van der Waals surface area contributed by atoms with Crippen molar-refractivity contribution in [2.24, 2.45) is 5.41 Å². The SMILES string of the molecule is CC1(C)CCCC(n2c(Cl)nnc2C(C)(C)C)C1. The van der Waals surface area contributed by atoms with E-state index >= 15 is 0 Å². The van der Waals surface area contributed by atoms with Gasteiger partial charge >= 0.3 is 0 Å². The molecule has 0 N–H and O–H groups in total. The molecular weight excluding hydrogens is 246 g/mol. The Morgan fingerprint density at radius 2 is 1.94 bits per heavy atom. The summed E-state index contributed by atoms with van der Waals surface area (Å²) in [6.07, 6.45) is 4.90. The first kappa shape index (κ1) is 13.9. The molecule has 1 aliphatic carbocycles. The van der Waals surface area contributed by atoms with Gasteiger partial charge in [-0.1, -0.05) is 41.0 Å². The second-order valence-electron chi connectivity index (χ2n) is 7.33. The van der Waals surface area contributed by atoms with Crippen molar-refractivity contribution in [1.29, 1.82) is 0 Å². The van der Waals surface area contributed by atoms with Gasteiger partial charge in [0.25, 0.3) is 0 Å². The first-order valence-electron chi connectivity index (χ1n) is 6.82. The Labute approximate surface area is 115 Å². The minimum Gasteiger partial charge on any atom is -0.298 e. The van der Waals surface area contributed by atoms with Crippen molar-refractivity contribution in [3.05, 3.63) is 11.1 Å². The predicted octanol–water partition coefficient (Wildman–Crippen LogP) is 4.37. The zero-order valence-electron chi connectivity index (χ0n) is 12.1. The molecule has 1 aliphatic rings. The van der Waals surface area contributed by atoms with Crippen LogP contribution >= 0.6 is 11.6 Å². The summed E-state index contributed by atoms with van der Waals surface area (Å²) >= 11 is 6.27. The molecule has 0 aromatic carbocycles. The van der Waals surface area contributed by atoms with Crippen molar-refractivity contribution in [2.75, 3.05) is 0 Å². The third-order valence-corrected chi connectivity index (χ3v) is 4.13. The van der Waals surface area contributed by atoms with E-state index in [1.807, 2.05) is 0 Å². The highest BCUT2D eigenvalue weighted by Crippen LogP contribution is 2.43. The Morgan fingerprint density at radius 1 is 1.28 bits per heavy atom. The summed E-state index contributed by atoms with van der Waals surface area (Å²) in [4.78, 5) is 0. The van der Waals surface area contributed by atoms with Gasteiger partial charge in [0.1, 0.15) is 5.82 Å². The van der Waals surface area contributed by atoms with Gasteiger partial charge in [-0.2, -0.15) is 0 Å². The molecule has 3 nitrogen and oxygen atoms in total. The van der Waals surface area contributed by atoms with Crippen LogP contribution in [0, 0.1) is 5.41 Å². The lowest BCUT2D eigenvalue weighted by molar-refractivity contribution is 0.178. The maximum absolute atomic E-state index is 6.27. The fraction of sp³-hybridized carbons (Fsp3) is 0.857. The molecule has 1 aromatic rings. The molecule has 0 bridgehead atoms. The second-order valence-corrected chi connectivity index (χ2v) is 7.67. The monoisotopic (exact) mass is 269 g/mol. The van der Waals surface area contributed by atoms with Gasteiger partial charge in [0.15, 0.2) is 0 Å². The van der Waals surface area contributed by atoms with Crippen molar-refractivity contribution < 1.29 is 0 Å². The number of nitrogens with zero attached hydrogens (tertiary/aromatic N) is 3. The maximum atomic E-state index is 6.27. The molecule has 0 radical (unpaired) electrons. The van der Waals surface area contributed by atoms with Crippen LogP contribution in [0.2, 0.25) is 5.28 Å². The number of aromatic nitrogens is 3.